The lowest BCUT2D eigenvalue weighted by atomic mass is 10.1. The standard InChI is InChI=1S/C15H18OS/c1-12(9-14-7-8-15(16)10-14)17-11-13-5-3-2-4-6-13/h2-6,10,12H,7-9,11H2,1H3/t12-/m0/s1. The van der Waals surface area contributed by atoms with Crippen LogP contribution in [0, 0.1) is 0 Å². The molecule has 0 spiro atoms. The average Bonchev–Trinajstić information content (AvgIpc) is 2.73. The molecule has 90 valence electrons. The third-order valence-corrected chi connectivity index (χ3v) is 4.22. The summed E-state index contributed by atoms with van der Waals surface area (Å²) in [5, 5.41) is 0.590. The molecule has 17 heavy (non-hydrogen) atoms. The SMILES string of the molecule is C[C@@H](CC1=CC(=O)CC1)SCc1ccccc1. The van der Waals surface area contributed by atoms with Gasteiger partial charge in [-0.25, -0.2) is 0 Å². The summed E-state index contributed by atoms with van der Waals surface area (Å²) in [7, 11) is 0. The van der Waals surface area contributed by atoms with Gasteiger partial charge in [0.25, 0.3) is 0 Å². The van der Waals surface area contributed by atoms with Crippen molar-refractivity contribution in [2.24, 2.45) is 0 Å². The molecule has 0 heterocycles. The van der Waals surface area contributed by atoms with Crippen molar-refractivity contribution in [1.82, 2.24) is 0 Å². The van der Waals surface area contributed by atoms with Gasteiger partial charge in [-0.2, -0.15) is 11.8 Å². The third kappa shape index (κ3) is 4.04. The van der Waals surface area contributed by atoms with E-state index in [1.165, 1.54) is 11.1 Å². The number of carbonyl (C=O) groups is 1. The Morgan fingerprint density at radius 3 is 2.65 bits per heavy atom. The molecule has 0 amide bonds. The predicted molar refractivity (Wildman–Crippen MR) is 74.1 cm³/mol. The van der Waals surface area contributed by atoms with Gasteiger partial charge in [0.2, 0.25) is 0 Å². The number of hydrogen-bond acceptors (Lipinski definition) is 2. The second-order valence-electron chi connectivity index (χ2n) is 4.58. The first-order valence-corrected chi connectivity index (χ1v) is 7.17. The van der Waals surface area contributed by atoms with Crippen molar-refractivity contribution in [2.75, 3.05) is 0 Å². The fourth-order valence-electron chi connectivity index (χ4n) is 2.06. The van der Waals surface area contributed by atoms with Crippen molar-refractivity contribution >= 4 is 17.5 Å². The van der Waals surface area contributed by atoms with Crippen molar-refractivity contribution in [3.63, 3.8) is 0 Å². The maximum atomic E-state index is 11.1. The Balaban J connectivity index is 1.76. The van der Waals surface area contributed by atoms with Gasteiger partial charge in [0.05, 0.1) is 0 Å². The fourth-order valence-corrected chi connectivity index (χ4v) is 3.06. The molecule has 1 aliphatic carbocycles. The Bertz CT molecular complexity index is 408. The van der Waals surface area contributed by atoms with E-state index in [-0.39, 0.29) is 0 Å². The Hall–Kier alpha value is -1.02. The molecule has 1 aromatic carbocycles. The van der Waals surface area contributed by atoms with Crippen LogP contribution in [0.3, 0.4) is 0 Å². The van der Waals surface area contributed by atoms with E-state index in [9.17, 15) is 4.79 Å². The quantitative estimate of drug-likeness (QED) is 0.781. The van der Waals surface area contributed by atoms with Crippen LogP contribution in [0.4, 0.5) is 0 Å². The van der Waals surface area contributed by atoms with E-state index >= 15 is 0 Å². The van der Waals surface area contributed by atoms with Gasteiger partial charge in [-0.3, -0.25) is 4.79 Å². The van der Waals surface area contributed by atoms with E-state index in [0.29, 0.717) is 11.0 Å². The molecule has 1 atom stereocenters. The summed E-state index contributed by atoms with van der Waals surface area (Å²) in [5.41, 5.74) is 2.71. The number of ketones is 1. The molecule has 1 nitrogen and oxygen atoms in total. The topological polar surface area (TPSA) is 17.1 Å². The summed E-state index contributed by atoms with van der Waals surface area (Å²) in [5.74, 6) is 1.36. The van der Waals surface area contributed by atoms with Gasteiger partial charge in [0, 0.05) is 17.4 Å². The highest BCUT2D eigenvalue weighted by Gasteiger charge is 2.14. The van der Waals surface area contributed by atoms with Gasteiger partial charge >= 0.3 is 0 Å². The lowest BCUT2D eigenvalue weighted by molar-refractivity contribution is -0.114. The van der Waals surface area contributed by atoms with Gasteiger partial charge in [-0.1, -0.05) is 42.8 Å². The summed E-state index contributed by atoms with van der Waals surface area (Å²) in [4.78, 5) is 11.1. The molecule has 2 heteroatoms. The van der Waals surface area contributed by atoms with Crippen LogP contribution < -0.4 is 0 Å². The maximum Gasteiger partial charge on any atom is 0.155 e. The van der Waals surface area contributed by atoms with Crippen molar-refractivity contribution < 1.29 is 4.79 Å². The van der Waals surface area contributed by atoms with E-state index < -0.39 is 0 Å². The van der Waals surface area contributed by atoms with Gasteiger partial charge in [0.1, 0.15) is 0 Å². The molecule has 0 fully saturated rings. The number of rotatable bonds is 5. The molecule has 0 saturated carbocycles. The van der Waals surface area contributed by atoms with Crippen molar-refractivity contribution in [3.8, 4) is 0 Å². The maximum absolute atomic E-state index is 11.1. The fraction of sp³-hybridized carbons (Fsp3) is 0.400. The molecule has 0 aromatic heterocycles. The number of hydrogen-bond donors (Lipinski definition) is 0. The van der Waals surface area contributed by atoms with Gasteiger partial charge in [-0.15, -0.1) is 0 Å². The molecule has 1 aromatic rings. The minimum absolute atomic E-state index is 0.306. The van der Waals surface area contributed by atoms with E-state index in [1.807, 2.05) is 23.9 Å². The molecule has 0 aliphatic heterocycles. The molecule has 0 saturated heterocycles. The zero-order valence-corrected chi connectivity index (χ0v) is 11.0. The molecule has 1 aliphatic rings. The van der Waals surface area contributed by atoms with Crippen LogP contribution in [-0.4, -0.2) is 11.0 Å². The Labute approximate surface area is 107 Å². The Morgan fingerprint density at radius 2 is 2.00 bits per heavy atom. The molecule has 2 rings (SSSR count). The number of carbonyl (C=O) groups excluding carboxylic acids is 1. The van der Waals surface area contributed by atoms with Crippen LogP contribution >= 0.6 is 11.8 Å². The molecule has 0 N–H and O–H groups in total. The minimum Gasteiger partial charge on any atom is -0.295 e. The van der Waals surface area contributed by atoms with E-state index in [0.717, 1.165) is 25.0 Å². The lowest BCUT2D eigenvalue weighted by Gasteiger charge is -2.11. The van der Waals surface area contributed by atoms with Crippen molar-refractivity contribution in [1.29, 1.82) is 0 Å². The van der Waals surface area contributed by atoms with Crippen LogP contribution in [0.5, 0.6) is 0 Å². The highest BCUT2D eigenvalue weighted by atomic mass is 32.2. The molecule has 0 bridgehead atoms. The van der Waals surface area contributed by atoms with Gasteiger partial charge < -0.3 is 0 Å². The molecule has 0 unspecified atom stereocenters. The van der Waals surface area contributed by atoms with Crippen LogP contribution in [0.15, 0.2) is 42.0 Å². The predicted octanol–water partition coefficient (Wildman–Crippen LogP) is 3.99. The summed E-state index contributed by atoms with van der Waals surface area (Å²) in [6.45, 7) is 2.25. The number of thioether (sulfide) groups is 1. The van der Waals surface area contributed by atoms with Gasteiger partial charge in [0.15, 0.2) is 5.78 Å². The second-order valence-corrected chi connectivity index (χ2v) is 6.01. The number of allylic oxidation sites excluding steroid dienone is 2. The first-order chi connectivity index (χ1) is 8.24. The zero-order chi connectivity index (χ0) is 12.1. The van der Waals surface area contributed by atoms with E-state index in [1.54, 1.807) is 0 Å². The van der Waals surface area contributed by atoms with E-state index in [4.69, 9.17) is 0 Å². The minimum atomic E-state index is 0.306. The summed E-state index contributed by atoms with van der Waals surface area (Å²) in [6, 6.07) is 10.5. The lowest BCUT2D eigenvalue weighted by Crippen LogP contribution is -1.98. The number of benzene rings is 1. The zero-order valence-electron chi connectivity index (χ0n) is 10.2. The summed E-state index contributed by atoms with van der Waals surface area (Å²) in [6.07, 6.45) is 4.61. The summed E-state index contributed by atoms with van der Waals surface area (Å²) >= 11 is 1.97. The van der Waals surface area contributed by atoms with Crippen molar-refractivity contribution in [2.45, 2.75) is 37.2 Å². The monoisotopic (exact) mass is 246 g/mol. The largest absolute Gasteiger partial charge is 0.295 e. The van der Waals surface area contributed by atoms with Crippen LogP contribution in [0.1, 0.15) is 31.7 Å². The highest BCUT2D eigenvalue weighted by Crippen LogP contribution is 2.27. The normalized spacial score (nSPS) is 17.0. The Kier molecular flexibility index (Phi) is 4.43. The first kappa shape index (κ1) is 12.4. The van der Waals surface area contributed by atoms with Crippen molar-refractivity contribution in [3.05, 3.63) is 47.5 Å². The third-order valence-electron chi connectivity index (χ3n) is 2.98. The highest BCUT2D eigenvalue weighted by molar-refractivity contribution is 7.99. The second kappa shape index (κ2) is 6.06. The molecular formula is C15H18OS. The average molecular weight is 246 g/mol. The van der Waals surface area contributed by atoms with Gasteiger partial charge in [-0.05, 0) is 24.5 Å². The molecule has 0 radical (unpaired) electrons. The molecular weight excluding hydrogens is 228 g/mol. The summed E-state index contributed by atoms with van der Waals surface area (Å²) < 4.78 is 0. The van der Waals surface area contributed by atoms with Crippen LogP contribution in [0.25, 0.3) is 0 Å². The Morgan fingerprint density at radius 1 is 1.24 bits per heavy atom. The van der Waals surface area contributed by atoms with Crippen LogP contribution in [-0.2, 0) is 10.5 Å². The first-order valence-electron chi connectivity index (χ1n) is 6.12. The van der Waals surface area contributed by atoms with E-state index in [2.05, 4.69) is 31.2 Å². The smallest absolute Gasteiger partial charge is 0.155 e. The van der Waals surface area contributed by atoms with Crippen LogP contribution in [0.2, 0.25) is 0 Å².